The van der Waals surface area contributed by atoms with Crippen LogP contribution in [-0.2, 0) is 0 Å². The molecule has 4 aromatic carbocycles. The summed E-state index contributed by atoms with van der Waals surface area (Å²) in [6.07, 6.45) is 0. The van der Waals surface area contributed by atoms with Crippen molar-refractivity contribution < 1.29 is 0 Å². The van der Waals surface area contributed by atoms with Crippen LogP contribution in [0.25, 0.3) is 44.2 Å². The number of aromatic nitrogens is 2. The van der Waals surface area contributed by atoms with E-state index in [0.29, 0.717) is 16.8 Å². The Kier molecular flexibility index (Phi) is 3.87. The molecule has 2 aromatic heterocycles. The van der Waals surface area contributed by atoms with E-state index in [1.54, 1.807) is 18.2 Å². The minimum absolute atomic E-state index is 0.475. The Morgan fingerprint density at radius 3 is 1.59 bits per heavy atom. The predicted octanol–water partition coefficient (Wildman–Crippen LogP) is 6.47. The molecule has 148 valence electrons. The van der Waals surface area contributed by atoms with Gasteiger partial charge in [-0.3, -0.25) is 0 Å². The molecule has 0 N–H and O–H groups in total. The second-order valence-corrected chi connectivity index (χ2v) is 7.66. The van der Waals surface area contributed by atoms with Crippen LogP contribution in [0, 0.1) is 22.7 Å². The summed E-state index contributed by atoms with van der Waals surface area (Å²) in [5.74, 6) is 0. The summed E-state index contributed by atoms with van der Waals surface area (Å²) in [4.78, 5) is 0. The molecule has 4 nitrogen and oxygen atoms in total. The van der Waals surface area contributed by atoms with Crippen molar-refractivity contribution in [2.45, 2.75) is 0 Å². The number of nitrogens with zero attached hydrogens (tertiary/aromatic N) is 4. The molecule has 4 heteroatoms. The molecule has 0 amide bonds. The van der Waals surface area contributed by atoms with Crippen molar-refractivity contribution in [1.82, 2.24) is 9.13 Å². The van der Waals surface area contributed by atoms with Crippen LogP contribution in [0.15, 0.2) is 97.1 Å². The van der Waals surface area contributed by atoms with Gasteiger partial charge < -0.3 is 9.13 Å². The summed E-state index contributed by atoms with van der Waals surface area (Å²) < 4.78 is 4.36. The van der Waals surface area contributed by atoms with E-state index < -0.39 is 0 Å². The summed E-state index contributed by atoms with van der Waals surface area (Å²) in [5.41, 5.74) is 6.74. The fourth-order valence-corrected chi connectivity index (χ4v) is 4.73. The zero-order valence-electron chi connectivity index (χ0n) is 17.0. The molecule has 0 spiro atoms. The third-order valence-corrected chi connectivity index (χ3v) is 5.99. The number of para-hydroxylation sites is 4. The number of hydrogen-bond acceptors (Lipinski definition) is 2. The lowest BCUT2D eigenvalue weighted by atomic mass is 10.1. The quantitative estimate of drug-likeness (QED) is 0.330. The van der Waals surface area contributed by atoms with Crippen molar-refractivity contribution in [1.29, 1.82) is 10.5 Å². The zero-order valence-corrected chi connectivity index (χ0v) is 17.0. The van der Waals surface area contributed by atoms with Crippen molar-refractivity contribution >= 4 is 32.8 Å². The van der Waals surface area contributed by atoms with E-state index >= 15 is 0 Å². The molecule has 0 atom stereocenters. The van der Waals surface area contributed by atoms with Gasteiger partial charge in [0.05, 0.1) is 38.9 Å². The smallest absolute Gasteiger partial charge is 0.101 e. The first-order chi connectivity index (χ1) is 15.8. The first-order valence-corrected chi connectivity index (χ1v) is 10.3. The zero-order chi connectivity index (χ0) is 21.7. The normalized spacial score (nSPS) is 11.1. The largest absolute Gasteiger partial charge is 0.307 e. The highest BCUT2D eigenvalue weighted by Gasteiger charge is 2.24. The molecule has 0 unspecified atom stereocenters. The Balaban J connectivity index is 1.93. The van der Waals surface area contributed by atoms with Crippen LogP contribution in [0.3, 0.4) is 0 Å². The Labute approximate surface area is 184 Å². The second-order valence-electron chi connectivity index (χ2n) is 7.66. The molecular formula is C28H16N4. The number of fused-ring (bicyclic) bond motifs is 5. The summed E-state index contributed by atoms with van der Waals surface area (Å²) in [6, 6.07) is 36.6. The fraction of sp³-hybridized carbons (Fsp3) is 0. The third-order valence-electron chi connectivity index (χ3n) is 5.99. The second kappa shape index (κ2) is 6.87. The molecule has 0 saturated carbocycles. The van der Waals surface area contributed by atoms with Gasteiger partial charge in [0.25, 0.3) is 0 Å². The monoisotopic (exact) mass is 408 g/mol. The van der Waals surface area contributed by atoms with Crippen molar-refractivity contribution in [3.05, 3.63) is 108 Å². The topological polar surface area (TPSA) is 57.4 Å². The number of hydrogen-bond donors (Lipinski definition) is 0. The minimum Gasteiger partial charge on any atom is -0.307 e. The lowest BCUT2D eigenvalue weighted by Crippen LogP contribution is -2.00. The van der Waals surface area contributed by atoms with Gasteiger partial charge in [0.2, 0.25) is 0 Å². The molecule has 0 bridgehead atoms. The van der Waals surface area contributed by atoms with E-state index in [2.05, 4.69) is 57.7 Å². The van der Waals surface area contributed by atoms with Crippen LogP contribution >= 0.6 is 0 Å². The van der Waals surface area contributed by atoms with E-state index in [1.165, 1.54) is 0 Å². The van der Waals surface area contributed by atoms with Gasteiger partial charge in [-0.1, -0.05) is 60.7 Å². The van der Waals surface area contributed by atoms with Gasteiger partial charge in [0.1, 0.15) is 12.1 Å². The number of nitriles is 2. The average Bonchev–Trinajstić information content (AvgIpc) is 3.37. The van der Waals surface area contributed by atoms with Crippen LogP contribution < -0.4 is 0 Å². The highest BCUT2D eigenvalue weighted by Crippen LogP contribution is 2.41. The Hall–Kier alpha value is -4.80. The van der Waals surface area contributed by atoms with Gasteiger partial charge >= 0.3 is 0 Å². The van der Waals surface area contributed by atoms with Gasteiger partial charge in [-0.05, 0) is 36.4 Å². The van der Waals surface area contributed by atoms with E-state index in [-0.39, 0.29) is 0 Å². The minimum atomic E-state index is 0.475. The van der Waals surface area contributed by atoms with E-state index in [9.17, 15) is 10.5 Å². The van der Waals surface area contributed by atoms with Crippen LogP contribution in [0.5, 0.6) is 0 Å². The number of benzene rings is 4. The van der Waals surface area contributed by atoms with Gasteiger partial charge in [-0.25, -0.2) is 0 Å². The molecule has 0 fully saturated rings. The summed E-state index contributed by atoms with van der Waals surface area (Å²) >= 11 is 0. The molecule has 6 rings (SSSR count). The lowest BCUT2D eigenvalue weighted by molar-refractivity contribution is 1.16. The number of rotatable bonds is 2. The predicted molar refractivity (Wildman–Crippen MR) is 127 cm³/mol. The lowest BCUT2D eigenvalue weighted by Gasteiger charge is -2.11. The van der Waals surface area contributed by atoms with Gasteiger partial charge in [0, 0.05) is 16.5 Å². The SMILES string of the molecule is N#Cc1cccc(C#N)c1-n1c2ccccc2c2c1c1ccccc1n2-c1ccccc1. The van der Waals surface area contributed by atoms with Crippen molar-refractivity contribution in [2.24, 2.45) is 0 Å². The molecule has 0 aliphatic heterocycles. The molecule has 0 saturated heterocycles. The highest BCUT2D eigenvalue weighted by molar-refractivity contribution is 6.20. The van der Waals surface area contributed by atoms with Crippen molar-refractivity contribution in [3.8, 4) is 23.5 Å². The fourth-order valence-electron chi connectivity index (χ4n) is 4.73. The Bertz CT molecular complexity index is 1700. The van der Waals surface area contributed by atoms with Crippen LogP contribution in [-0.4, -0.2) is 9.13 Å². The van der Waals surface area contributed by atoms with E-state index in [0.717, 1.165) is 38.5 Å². The van der Waals surface area contributed by atoms with Crippen LogP contribution in [0.4, 0.5) is 0 Å². The van der Waals surface area contributed by atoms with Gasteiger partial charge in [-0.15, -0.1) is 0 Å². The van der Waals surface area contributed by atoms with Crippen molar-refractivity contribution in [2.75, 3.05) is 0 Å². The van der Waals surface area contributed by atoms with E-state index in [4.69, 9.17) is 0 Å². The molecule has 2 heterocycles. The third kappa shape index (κ3) is 2.35. The van der Waals surface area contributed by atoms with Gasteiger partial charge in [0.15, 0.2) is 0 Å². The van der Waals surface area contributed by atoms with E-state index in [1.807, 2.05) is 42.5 Å². The molecular weight excluding hydrogens is 392 g/mol. The Morgan fingerprint density at radius 1 is 0.500 bits per heavy atom. The molecule has 0 aliphatic carbocycles. The first-order valence-electron chi connectivity index (χ1n) is 10.3. The first kappa shape index (κ1) is 18.0. The maximum Gasteiger partial charge on any atom is 0.101 e. The maximum absolute atomic E-state index is 9.90. The molecule has 32 heavy (non-hydrogen) atoms. The summed E-state index contributed by atoms with van der Waals surface area (Å²) in [5, 5.41) is 21.9. The van der Waals surface area contributed by atoms with Crippen molar-refractivity contribution in [3.63, 3.8) is 0 Å². The summed E-state index contributed by atoms with van der Waals surface area (Å²) in [6.45, 7) is 0. The molecule has 0 radical (unpaired) electrons. The maximum atomic E-state index is 9.90. The van der Waals surface area contributed by atoms with Crippen LogP contribution in [0.2, 0.25) is 0 Å². The average molecular weight is 408 g/mol. The summed E-state index contributed by atoms with van der Waals surface area (Å²) in [7, 11) is 0. The molecule has 6 aromatic rings. The standard InChI is InChI=1S/C28H16N4/c29-17-19-9-8-10-20(18-30)26(19)32-25-16-7-5-14-23(25)27-28(32)22-13-4-6-15-24(22)31(27)21-11-2-1-3-12-21/h1-16H. The molecule has 0 aliphatic rings. The van der Waals surface area contributed by atoms with Gasteiger partial charge in [-0.2, -0.15) is 10.5 Å². The van der Waals surface area contributed by atoms with Crippen LogP contribution in [0.1, 0.15) is 11.1 Å². The Morgan fingerprint density at radius 2 is 1.00 bits per heavy atom. The highest BCUT2D eigenvalue weighted by atomic mass is 15.1.